The first-order chi connectivity index (χ1) is 9.10. The summed E-state index contributed by atoms with van der Waals surface area (Å²) in [6.07, 6.45) is 1.59. The SMILES string of the molecule is CNc1ncc(Cl)c(N(C)Cc2cccc(C)n2)n1. The quantitative estimate of drug-likeness (QED) is 0.931. The van der Waals surface area contributed by atoms with Crippen molar-refractivity contribution in [1.82, 2.24) is 15.0 Å². The molecule has 2 aromatic heterocycles. The molecule has 0 fully saturated rings. The maximum atomic E-state index is 6.13. The summed E-state index contributed by atoms with van der Waals surface area (Å²) in [6, 6.07) is 5.95. The highest BCUT2D eigenvalue weighted by atomic mass is 35.5. The van der Waals surface area contributed by atoms with Crippen LogP contribution in [0.5, 0.6) is 0 Å². The highest BCUT2D eigenvalue weighted by Crippen LogP contribution is 2.23. The number of aryl methyl sites for hydroxylation is 1. The molecule has 0 bridgehead atoms. The van der Waals surface area contributed by atoms with E-state index in [0.717, 1.165) is 11.4 Å². The lowest BCUT2D eigenvalue weighted by Crippen LogP contribution is -2.19. The first-order valence-electron chi connectivity index (χ1n) is 5.94. The van der Waals surface area contributed by atoms with Gasteiger partial charge in [0.1, 0.15) is 5.02 Å². The zero-order valence-electron chi connectivity index (χ0n) is 11.2. The molecule has 5 nitrogen and oxygen atoms in total. The van der Waals surface area contributed by atoms with Crippen molar-refractivity contribution >= 4 is 23.4 Å². The maximum Gasteiger partial charge on any atom is 0.224 e. The Labute approximate surface area is 117 Å². The molecule has 0 saturated carbocycles. The Hall–Kier alpha value is -1.88. The standard InChI is InChI=1S/C13H16ClN5/c1-9-5-4-6-10(17-9)8-19(3)12-11(14)7-16-13(15-2)18-12/h4-7H,8H2,1-3H3,(H,15,16,18). The van der Waals surface area contributed by atoms with Gasteiger partial charge in [0.05, 0.1) is 18.4 Å². The molecule has 0 saturated heterocycles. The molecule has 6 heteroatoms. The van der Waals surface area contributed by atoms with Crippen LogP contribution in [0.15, 0.2) is 24.4 Å². The monoisotopic (exact) mass is 277 g/mol. The summed E-state index contributed by atoms with van der Waals surface area (Å²) in [5.41, 5.74) is 1.97. The average Bonchev–Trinajstić information content (AvgIpc) is 2.39. The first-order valence-corrected chi connectivity index (χ1v) is 6.32. The molecule has 100 valence electrons. The number of aromatic nitrogens is 3. The van der Waals surface area contributed by atoms with Crippen LogP contribution >= 0.6 is 11.6 Å². The Morgan fingerprint density at radius 2 is 2.11 bits per heavy atom. The fraction of sp³-hybridized carbons (Fsp3) is 0.308. The van der Waals surface area contributed by atoms with Gasteiger partial charge in [0.15, 0.2) is 5.82 Å². The van der Waals surface area contributed by atoms with Gasteiger partial charge in [-0.1, -0.05) is 17.7 Å². The molecule has 0 unspecified atom stereocenters. The molecule has 1 N–H and O–H groups in total. The van der Waals surface area contributed by atoms with Crippen molar-refractivity contribution in [2.24, 2.45) is 0 Å². The number of pyridine rings is 1. The van der Waals surface area contributed by atoms with E-state index in [1.54, 1.807) is 13.2 Å². The third kappa shape index (κ3) is 3.32. The number of halogens is 1. The van der Waals surface area contributed by atoms with Crippen LogP contribution in [0.3, 0.4) is 0 Å². The molecule has 0 aliphatic rings. The first kappa shape index (κ1) is 13.5. The van der Waals surface area contributed by atoms with E-state index in [-0.39, 0.29) is 0 Å². The molecule has 19 heavy (non-hydrogen) atoms. The lowest BCUT2D eigenvalue weighted by molar-refractivity contribution is 0.856. The lowest BCUT2D eigenvalue weighted by atomic mass is 10.3. The molecule has 0 amide bonds. The Morgan fingerprint density at radius 1 is 1.32 bits per heavy atom. The van der Waals surface area contributed by atoms with E-state index in [1.165, 1.54) is 0 Å². The summed E-state index contributed by atoms with van der Waals surface area (Å²) in [5.74, 6) is 1.23. The fourth-order valence-electron chi connectivity index (χ4n) is 1.75. The number of hydrogen-bond acceptors (Lipinski definition) is 5. The Balaban J connectivity index is 2.22. The summed E-state index contributed by atoms with van der Waals surface area (Å²) >= 11 is 6.13. The second kappa shape index (κ2) is 5.84. The number of nitrogens with zero attached hydrogens (tertiary/aromatic N) is 4. The van der Waals surface area contributed by atoms with E-state index in [9.17, 15) is 0 Å². The Kier molecular flexibility index (Phi) is 4.16. The third-order valence-electron chi connectivity index (χ3n) is 2.66. The zero-order valence-corrected chi connectivity index (χ0v) is 11.9. The van der Waals surface area contributed by atoms with Crippen LogP contribution in [0.25, 0.3) is 0 Å². The maximum absolute atomic E-state index is 6.13. The van der Waals surface area contributed by atoms with E-state index in [1.807, 2.05) is 37.1 Å². The topological polar surface area (TPSA) is 53.9 Å². The predicted octanol–water partition coefficient (Wildman–Crippen LogP) is 2.51. The van der Waals surface area contributed by atoms with Crippen LogP contribution in [-0.4, -0.2) is 29.0 Å². The van der Waals surface area contributed by atoms with E-state index in [2.05, 4.69) is 20.3 Å². The van der Waals surface area contributed by atoms with Crippen LogP contribution in [-0.2, 0) is 6.54 Å². The minimum atomic E-state index is 0.522. The fourth-order valence-corrected chi connectivity index (χ4v) is 1.99. The summed E-state index contributed by atoms with van der Waals surface area (Å²) in [6.45, 7) is 2.61. The normalized spacial score (nSPS) is 10.3. The van der Waals surface area contributed by atoms with Gasteiger partial charge in [0.25, 0.3) is 0 Å². The van der Waals surface area contributed by atoms with Crippen molar-refractivity contribution in [3.63, 3.8) is 0 Å². The molecule has 2 aromatic rings. The van der Waals surface area contributed by atoms with Crippen LogP contribution < -0.4 is 10.2 Å². The van der Waals surface area contributed by atoms with Gasteiger partial charge in [0.2, 0.25) is 5.95 Å². The summed E-state index contributed by atoms with van der Waals surface area (Å²) in [5, 5.41) is 3.42. The molecule has 2 heterocycles. The molecule has 0 radical (unpaired) electrons. The Bertz CT molecular complexity index is 573. The minimum absolute atomic E-state index is 0.522. The number of hydrogen-bond donors (Lipinski definition) is 1. The second-order valence-corrected chi connectivity index (χ2v) is 4.65. The molecular weight excluding hydrogens is 262 g/mol. The summed E-state index contributed by atoms with van der Waals surface area (Å²) < 4.78 is 0. The Morgan fingerprint density at radius 3 is 2.79 bits per heavy atom. The van der Waals surface area contributed by atoms with E-state index in [0.29, 0.717) is 23.3 Å². The number of nitrogens with one attached hydrogen (secondary N) is 1. The van der Waals surface area contributed by atoms with Crippen LogP contribution in [0.2, 0.25) is 5.02 Å². The molecule has 0 atom stereocenters. The highest BCUT2D eigenvalue weighted by Gasteiger charge is 2.11. The minimum Gasteiger partial charge on any atom is -0.357 e. The van der Waals surface area contributed by atoms with Gasteiger partial charge in [-0.3, -0.25) is 4.98 Å². The van der Waals surface area contributed by atoms with Gasteiger partial charge in [-0.15, -0.1) is 0 Å². The van der Waals surface area contributed by atoms with Gasteiger partial charge >= 0.3 is 0 Å². The van der Waals surface area contributed by atoms with Crippen molar-refractivity contribution < 1.29 is 0 Å². The molecule has 0 aliphatic carbocycles. The van der Waals surface area contributed by atoms with E-state index in [4.69, 9.17) is 11.6 Å². The van der Waals surface area contributed by atoms with Crippen molar-refractivity contribution in [3.8, 4) is 0 Å². The van der Waals surface area contributed by atoms with Crippen molar-refractivity contribution in [3.05, 3.63) is 40.8 Å². The smallest absolute Gasteiger partial charge is 0.224 e. The van der Waals surface area contributed by atoms with Crippen LogP contribution in [0.1, 0.15) is 11.4 Å². The lowest BCUT2D eigenvalue weighted by Gasteiger charge is -2.19. The average molecular weight is 278 g/mol. The summed E-state index contributed by atoms with van der Waals surface area (Å²) in [4.78, 5) is 14.8. The van der Waals surface area contributed by atoms with Crippen molar-refractivity contribution in [1.29, 1.82) is 0 Å². The third-order valence-corrected chi connectivity index (χ3v) is 2.92. The highest BCUT2D eigenvalue weighted by molar-refractivity contribution is 6.32. The van der Waals surface area contributed by atoms with Gasteiger partial charge in [-0.2, -0.15) is 4.98 Å². The van der Waals surface area contributed by atoms with Crippen LogP contribution in [0.4, 0.5) is 11.8 Å². The number of rotatable bonds is 4. The zero-order chi connectivity index (χ0) is 13.8. The molecule has 2 rings (SSSR count). The van der Waals surface area contributed by atoms with Crippen molar-refractivity contribution in [2.45, 2.75) is 13.5 Å². The number of anilines is 2. The largest absolute Gasteiger partial charge is 0.357 e. The van der Waals surface area contributed by atoms with Crippen LogP contribution in [0, 0.1) is 6.92 Å². The molecule has 0 aliphatic heterocycles. The van der Waals surface area contributed by atoms with E-state index >= 15 is 0 Å². The second-order valence-electron chi connectivity index (χ2n) is 4.24. The molecular formula is C13H16ClN5. The van der Waals surface area contributed by atoms with Gasteiger partial charge in [-0.05, 0) is 19.1 Å². The van der Waals surface area contributed by atoms with Gasteiger partial charge < -0.3 is 10.2 Å². The van der Waals surface area contributed by atoms with Gasteiger partial charge in [-0.25, -0.2) is 4.98 Å². The van der Waals surface area contributed by atoms with Gasteiger partial charge in [0, 0.05) is 19.8 Å². The molecule has 0 aromatic carbocycles. The predicted molar refractivity (Wildman–Crippen MR) is 77.7 cm³/mol. The summed E-state index contributed by atoms with van der Waals surface area (Å²) in [7, 11) is 3.70. The molecule has 0 spiro atoms. The van der Waals surface area contributed by atoms with E-state index < -0.39 is 0 Å². The van der Waals surface area contributed by atoms with Crippen molar-refractivity contribution in [2.75, 3.05) is 24.3 Å².